The maximum Gasteiger partial charge on any atom is 0.160 e. The Hall–Kier alpha value is -0.950. The fourth-order valence-electron chi connectivity index (χ4n) is 1.88. The number of rotatable bonds is 5. The first kappa shape index (κ1) is 12.5. The van der Waals surface area contributed by atoms with Gasteiger partial charge in [0.25, 0.3) is 0 Å². The quantitative estimate of drug-likeness (QED) is 0.830. The average Bonchev–Trinajstić information content (AvgIpc) is 2.88. The first-order chi connectivity index (χ1) is 8.09. The first-order valence-corrected chi connectivity index (χ1v) is 7.63. The van der Waals surface area contributed by atoms with Crippen LogP contribution in [0, 0.1) is 0 Å². The Morgan fingerprint density at radius 2 is 2.35 bits per heavy atom. The minimum absolute atomic E-state index is 0.0785. The van der Waals surface area contributed by atoms with Gasteiger partial charge >= 0.3 is 0 Å². The standard InChI is InChI=1S/C10H17N3O3S/c1-2-9-11-10(13-12-9)7-17(14,15)6-8-4-3-5-16-8/h8H,2-7H2,1H3,(H,11,12,13)/t8-/m1/s1. The number of hydrogen-bond acceptors (Lipinski definition) is 5. The second kappa shape index (κ2) is 5.14. The first-order valence-electron chi connectivity index (χ1n) is 5.81. The highest BCUT2D eigenvalue weighted by molar-refractivity contribution is 7.90. The third-order valence-electron chi connectivity index (χ3n) is 2.71. The van der Waals surface area contributed by atoms with E-state index >= 15 is 0 Å². The van der Waals surface area contributed by atoms with Gasteiger partial charge in [0, 0.05) is 13.0 Å². The number of sulfone groups is 1. The van der Waals surface area contributed by atoms with Gasteiger partial charge in [0.2, 0.25) is 0 Å². The minimum atomic E-state index is -3.17. The summed E-state index contributed by atoms with van der Waals surface area (Å²) in [6, 6.07) is 0. The Morgan fingerprint density at radius 1 is 1.53 bits per heavy atom. The van der Waals surface area contributed by atoms with Crippen molar-refractivity contribution in [3.63, 3.8) is 0 Å². The van der Waals surface area contributed by atoms with Crippen LogP contribution in [0.5, 0.6) is 0 Å². The zero-order chi connectivity index (χ0) is 12.3. The number of ether oxygens (including phenoxy) is 1. The molecule has 1 fully saturated rings. The van der Waals surface area contributed by atoms with Crippen molar-refractivity contribution < 1.29 is 13.2 Å². The summed E-state index contributed by atoms with van der Waals surface area (Å²) < 4.78 is 29.1. The van der Waals surface area contributed by atoms with Gasteiger partial charge in [-0.25, -0.2) is 13.4 Å². The summed E-state index contributed by atoms with van der Waals surface area (Å²) in [5, 5.41) is 6.58. The van der Waals surface area contributed by atoms with Gasteiger partial charge in [0.15, 0.2) is 9.84 Å². The highest BCUT2D eigenvalue weighted by Gasteiger charge is 2.24. The third kappa shape index (κ3) is 3.50. The second-order valence-electron chi connectivity index (χ2n) is 4.24. The summed E-state index contributed by atoms with van der Waals surface area (Å²) in [7, 11) is -3.17. The molecule has 0 amide bonds. The smallest absolute Gasteiger partial charge is 0.160 e. The SMILES string of the molecule is CCc1n[nH]c(CS(=O)(=O)C[C@H]2CCCO2)n1. The summed E-state index contributed by atoms with van der Waals surface area (Å²) >= 11 is 0. The molecule has 0 radical (unpaired) electrons. The van der Waals surface area contributed by atoms with Crippen molar-refractivity contribution in [1.29, 1.82) is 0 Å². The molecule has 0 spiro atoms. The number of nitrogens with zero attached hydrogens (tertiary/aromatic N) is 2. The van der Waals surface area contributed by atoms with Crippen LogP contribution in [0.25, 0.3) is 0 Å². The molecule has 0 aromatic carbocycles. The van der Waals surface area contributed by atoms with E-state index in [1.54, 1.807) is 0 Å². The molecule has 0 bridgehead atoms. The normalized spacial score (nSPS) is 20.9. The van der Waals surface area contributed by atoms with Crippen LogP contribution < -0.4 is 0 Å². The molecule has 1 N–H and O–H groups in total. The molecule has 96 valence electrons. The van der Waals surface area contributed by atoms with Gasteiger partial charge in [-0.05, 0) is 12.8 Å². The molecular formula is C10H17N3O3S. The molecule has 2 heterocycles. The molecule has 17 heavy (non-hydrogen) atoms. The number of hydrogen-bond donors (Lipinski definition) is 1. The lowest BCUT2D eigenvalue weighted by atomic mass is 10.3. The Bertz CT molecular complexity index is 463. The predicted molar refractivity (Wildman–Crippen MR) is 62.2 cm³/mol. The Kier molecular flexibility index (Phi) is 3.78. The van der Waals surface area contributed by atoms with Crippen LogP contribution in [0.3, 0.4) is 0 Å². The van der Waals surface area contributed by atoms with Crippen molar-refractivity contribution in [2.45, 2.75) is 38.0 Å². The number of aromatic nitrogens is 3. The van der Waals surface area contributed by atoms with Crippen molar-refractivity contribution in [2.75, 3.05) is 12.4 Å². The molecule has 0 unspecified atom stereocenters. The van der Waals surface area contributed by atoms with E-state index in [4.69, 9.17) is 4.74 Å². The largest absolute Gasteiger partial charge is 0.377 e. The fraction of sp³-hybridized carbons (Fsp3) is 0.800. The zero-order valence-corrected chi connectivity index (χ0v) is 10.7. The van der Waals surface area contributed by atoms with Crippen LogP contribution in [-0.4, -0.2) is 42.1 Å². The van der Waals surface area contributed by atoms with Crippen molar-refractivity contribution in [3.8, 4) is 0 Å². The topological polar surface area (TPSA) is 84.9 Å². The highest BCUT2D eigenvalue weighted by atomic mass is 32.2. The summed E-state index contributed by atoms with van der Waals surface area (Å²) in [5.41, 5.74) is 0. The van der Waals surface area contributed by atoms with E-state index in [0.29, 0.717) is 24.7 Å². The summed E-state index contributed by atoms with van der Waals surface area (Å²) in [6.45, 7) is 2.59. The molecule has 1 aliphatic rings. The molecule has 7 heteroatoms. The summed E-state index contributed by atoms with van der Waals surface area (Å²) in [5.74, 6) is 1.06. The average molecular weight is 259 g/mol. The molecule has 1 atom stereocenters. The Balaban J connectivity index is 1.96. The molecule has 1 aromatic rings. The van der Waals surface area contributed by atoms with Crippen molar-refractivity contribution in [3.05, 3.63) is 11.6 Å². The van der Waals surface area contributed by atoms with Gasteiger partial charge in [0.05, 0.1) is 11.9 Å². The maximum atomic E-state index is 11.9. The second-order valence-corrected chi connectivity index (χ2v) is 6.35. The molecular weight excluding hydrogens is 242 g/mol. The van der Waals surface area contributed by atoms with Crippen LogP contribution >= 0.6 is 0 Å². The van der Waals surface area contributed by atoms with Crippen molar-refractivity contribution >= 4 is 9.84 Å². The lowest BCUT2D eigenvalue weighted by molar-refractivity contribution is 0.127. The third-order valence-corrected chi connectivity index (χ3v) is 4.31. The van der Waals surface area contributed by atoms with Gasteiger partial charge < -0.3 is 4.74 Å². The lowest BCUT2D eigenvalue weighted by Crippen LogP contribution is -2.21. The summed E-state index contributed by atoms with van der Waals surface area (Å²) in [4.78, 5) is 4.10. The number of aromatic amines is 1. The Labute approximate surface area is 101 Å². The van der Waals surface area contributed by atoms with Gasteiger partial charge in [-0.2, -0.15) is 5.10 Å². The monoisotopic (exact) mass is 259 g/mol. The number of aryl methyl sites for hydroxylation is 1. The number of nitrogens with one attached hydrogen (secondary N) is 1. The lowest BCUT2D eigenvalue weighted by Gasteiger charge is -2.08. The molecule has 0 saturated carbocycles. The van der Waals surface area contributed by atoms with Gasteiger partial charge in [-0.3, -0.25) is 5.10 Å². The molecule has 1 aromatic heterocycles. The van der Waals surface area contributed by atoms with Crippen LogP contribution in [0.4, 0.5) is 0 Å². The molecule has 0 aliphatic carbocycles. The van der Waals surface area contributed by atoms with E-state index in [-0.39, 0.29) is 17.6 Å². The van der Waals surface area contributed by atoms with E-state index in [1.807, 2.05) is 6.92 Å². The van der Waals surface area contributed by atoms with Gasteiger partial charge in [-0.15, -0.1) is 0 Å². The van der Waals surface area contributed by atoms with Gasteiger partial charge in [0.1, 0.15) is 17.4 Å². The predicted octanol–water partition coefficient (Wildman–Crippen LogP) is 0.461. The molecule has 2 rings (SSSR count). The van der Waals surface area contributed by atoms with Crippen molar-refractivity contribution in [2.24, 2.45) is 0 Å². The molecule has 6 nitrogen and oxygen atoms in total. The van der Waals surface area contributed by atoms with Crippen LogP contribution in [0.15, 0.2) is 0 Å². The molecule has 1 saturated heterocycles. The van der Waals surface area contributed by atoms with E-state index in [1.165, 1.54) is 0 Å². The van der Waals surface area contributed by atoms with Crippen LogP contribution in [0.2, 0.25) is 0 Å². The van der Waals surface area contributed by atoms with Crippen molar-refractivity contribution in [1.82, 2.24) is 15.2 Å². The van der Waals surface area contributed by atoms with Crippen LogP contribution in [-0.2, 0) is 26.7 Å². The zero-order valence-electron chi connectivity index (χ0n) is 9.85. The number of H-pyrrole nitrogens is 1. The maximum absolute atomic E-state index is 11.9. The molecule has 1 aliphatic heterocycles. The van der Waals surface area contributed by atoms with E-state index in [2.05, 4.69) is 15.2 Å². The van der Waals surface area contributed by atoms with E-state index < -0.39 is 9.84 Å². The Morgan fingerprint density at radius 3 is 2.94 bits per heavy atom. The minimum Gasteiger partial charge on any atom is -0.377 e. The highest BCUT2D eigenvalue weighted by Crippen LogP contribution is 2.15. The van der Waals surface area contributed by atoms with Crippen LogP contribution in [0.1, 0.15) is 31.4 Å². The summed E-state index contributed by atoms with van der Waals surface area (Å²) in [6.07, 6.45) is 2.33. The van der Waals surface area contributed by atoms with E-state index in [9.17, 15) is 8.42 Å². The van der Waals surface area contributed by atoms with Gasteiger partial charge in [-0.1, -0.05) is 6.92 Å². The fourth-order valence-corrected chi connectivity index (χ4v) is 3.38. The van der Waals surface area contributed by atoms with E-state index in [0.717, 1.165) is 12.8 Å².